The maximum absolute atomic E-state index is 11.6. The summed E-state index contributed by atoms with van der Waals surface area (Å²) in [4.78, 5) is 21.8. The lowest BCUT2D eigenvalue weighted by Crippen LogP contribution is -2.37. The first-order valence-corrected chi connectivity index (χ1v) is 5.13. The second-order valence-corrected chi connectivity index (χ2v) is 3.62. The molecule has 0 spiro atoms. The molecule has 4 nitrogen and oxygen atoms in total. The standard InChI is InChI=1S/C13H11NO3/c15-12(16)8-14-13(17)11-6-5-9-3-1-2-4-10(9)7-11/h1-7H,8H2,(H,14,17)(H,15,16)/p-1. The van der Waals surface area contributed by atoms with Crippen molar-refractivity contribution in [2.75, 3.05) is 6.54 Å². The van der Waals surface area contributed by atoms with Gasteiger partial charge in [0.25, 0.3) is 5.91 Å². The summed E-state index contributed by atoms with van der Waals surface area (Å²) in [6.45, 7) is -0.480. The Hall–Kier alpha value is -2.36. The molecule has 2 aromatic rings. The lowest BCUT2D eigenvalue weighted by atomic mass is 10.1. The maximum atomic E-state index is 11.6. The molecule has 0 atom stereocenters. The van der Waals surface area contributed by atoms with E-state index >= 15 is 0 Å². The number of nitrogens with one attached hydrogen (secondary N) is 1. The number of amides is 1. The van der Waals surface area contributed by atoms with Crippen LogP contribution < -0.4 is 10.4 Å². The van der Waals surface area contributed by atoms with E-state index in [1.807, 2.05) is 30.3 Å². The molecule has 0 saturated carbocycles. The predicted octanol–water partition coefficient (Wildman–Crippen LogP) is 0.320. The van der Waals surface area contributed by atoms with Gasteiger partial charge in [0, 0.05) is 5.56 Å². The minimum absolute atomic E-state index is 0.417. The van der Waals surface area contributed by atoms with Crippen LogP contribution in [0, 0.1) is 0 Å². The third-order valence-corrected chi connectivity index (χ3v) is 2.40. The van der Waals surface area contributed by atoms with Crippen molar-refractivity contribution in [2.24, 2.45) is 0 Å². The number of carboxylic acid groups (broad SMARTS) is 1. The number of hydrogen-bond donors (Lipinski definition) is 1. The number of carbonyl (C=O) groups is 2. The lowest BCUT2D eigenvalue weighted by molar-refractivity contribution is -0.303. The molecular weight excluding hydrogens is 218 g/mol. The molecule has 2 aromatic carbocycles. The van der Waals surface area contributed by atoms with Crippen LogP contribution in [0.5, 0.6) is 0 Å². The summed E-state index contributed by atoms with van der Waals surface area (Å²) in [7, 11) is 0. The molecule has 86 valence electrons. The number of hydrogen-bond acceptors (Lipinski definition) is 3. The van der Waals surface area contributed by atoms with Crippen molar-refractivity contribution in [3.63, 3.8) is 0 Å². The van der Waals surface area contributed by atoms with Crippen LogP contribution >= 0.6 is 0 Å². The fourth-order valence-corrected chi connectivity index (χ4v) is 1.59. The topological polar surface area (TPSA) is 69.2 Å². The third-order valence-electron chi connectivity index (χ3n) is 2.40. The summed E-state index contributed by atoms with van der Waals surface area (Å²) >= 11 is 0. The minimum atomic E-state index is -1.31. The van der Waals surface area contributed by atoms with E-state index in [-0.39, 0.29) is 0 Å². The Labute approximate surface area is 97.9 Å². The van der Waals surface area contributed by atoms with E-state index in [9.17, 15) is 14.7 Å². The number of carboxylic acids is 1. The molecule has 4 heteroatoms. The highest BCUT2D eigenvalue weighted by Gasteiger charge is 2.05. The Morgan fingerprint density at radius 2 is 1.76 bits per heavy atom. The van der Waals surface area contributed by atoms with Gasteiger partial charge in [0.15, 0.2) is 0 Å². The van der Waals surface area contributed by atoms with Crippen LogP contribution in [0.3, 0.4) is 0 Å². The number of benzene rings is 2. The van der Waals surface area contributed by atoms with Crippen molar-refractivity contribution >= 4 is 22.6 Å². The first-order valence-electron chi connectivity index (χ1n) is 5.13. The third kappa shape index (κ3) is 2.60. The molecule has 1 amide bonds. The summed E-state index contributed by atoms with van der Waals surface area (Å²) in [5.74, 6) is -1.72. The zero-order valence-electron chi connectivity index (χ0n) is 8.97. The highest BCUT2D eigenvalue weighted by atomic mass is 16.4. The molecule has 0 aliphatic rings. The average Bonchev–Trinajstić information content (AvgIpc) is 2.35. The van der Waals surface area contributed by atoms with Crippen LogP contribution in [-0.2, 0) is 4.79 Å². The van der Waals surface area contributed by atoms with Crippen molar-refractivity contribution < 1.29 is 14.7 Å². The Balaban J connectivity index is 2.24. The van der Waals surface area contributed by atoms with E-state index in [0.29, 0.717) is 5.56 Å². The fraction of sp³-hybridized carbons (Fsp3) is 0.0769. The van der Waals surface area contributed by atoms with Crippen molar-refractivity contribution in [1.29, 1.82) is 0 Å². The van der Waals surface area contributed by atoms with Gasteiger partial charge in [-0.1, -0.05) is 30.3 Å². The van der Waals surface area contributed by atoms with Crippen LogP contribution in [-0.4, -0.2) is 18.4 Å². The van der Waals surface area contributed by atoms with Crippen molar-refractivity contribution in [3.05, 3.63) is 48.0 Å². The monoisotopic (exact) mass is 228 g/mol. The van der Waals surface area contributed by atoms with E-state index in [1.165, 1.54) is 0 Å². The Bertz CT molecular complexity index is 578. The lowest BCUT2D eigenvalue weighted by Gasteiger charge is -2.06. The normalized spacial score (nSPS) is 10.1. The average molecular weight is 228 g/mol. The van der Waals surface area contributed by atoms with E-state index in [0.717, 1.165) is 10.8 Å². The molecule has 0 aliphatic carbocycles. The van der Waals surface area contributed by atoms with Gasteiger partial charge in [0.2, 0.25) is 0 Å². The van der Waals surface area contributed by atoms with E-state index in [1.54, 1.807) is 12.1 Å². The van der Waals surface area contributed by atoms with E-state index < -0.39 is 18.4 Å². The molecule has 0 unspecified atom stereocenters. The fourth-order valence-electron chi connectivity index (χ4n) is 1.59. The number of rotatable bonds is 3. The number of aliphatic carboxylic acids is 1. The van der Waals surface area contributed by atoms with Crippen molar-refractivity contribution in [2.45, 2.75) is 0 Å². The van der Waals surface area contributed by atoms with E-state index in [4.69, 9.17) is 0 Å². The molecule has 2 rings (SSSR count). The summed E-state index contributed by atoms with van der Waals surface area (Å²) in [6.07, 6.45) is 0. The van der Waals surface area contributed by atoms with Gasteiger partial charge in [0.05, 0.1) is 12.5 Å². The zero-order valence-corrected chi connectivity index (χ0v) is 8.97. The Morgan fingerprint density at radius 3 is 2.47 bits per heavy atom. The number of fused-ring (bicyclic) bond motifs is 1. The summed E-state index contributed by atoms with van der Waals surface area (Å²) in [6, 6.07) is 12.8. The van der Waals surface area contributed by atoms with Crippen LogP contribution in [0.4, 0.5) is 0 Å². The molecule has 0 saturated heterocycles. The quantitative estimate of drug-likeness (QED) is 0.822. The molecule has 0 heterocycles. The van der Waals surface area contributed by atoms with E-state index in [2.05, 4.69) is 5.32 Å². The molecule has 0 aromatic heterocycles. The van der Waals surface area contributed by atoms with Crippen LogP contribution in [0.15, 0.2) is 42.5 Å². The van der Waals surface area contributed by atoms with Gasteiger partial charge < -0.3 is 15.2 Å². The number of carbonyl (C=O) groups excluding carboxylic acids is 2. The second-order valence-electron chi connectivity index (χ2n) is 3.62. The molecule has 0 radical (unpaired) electrons. The van der Waals surface area contributed by atoms with Gasteiger partial charge in [-0.2, -0.15) is 0 Å². The first kappa shape index (κ1) is 11.1. The Morgan fingerprint density at radius 1 is 1.06 bits per heavy atom. The molecule has 17 heavy (non-hydrogen) atoms. The zero-order chi connectivity index (χ0) is 12.3. The minimum Gasteiger partial charge on any atom is -0.548 e. The molecule has 1 N–H and O–H groups in total. The smallest absolute Gasteiger partial charge is 0.251 e. The van der Waals surface area contributed by atoms with Gasteiger partial charge in [-0.15, -0.1) is 0 Å². The molecule has 0 fully saturated rings. The van der Waals surface area contributed by atoms with Gasteiger partial charge in [0.1, 0.15) is 0 Å². The Kier molecular flexibility index (Phi) is 3.05. The van der Waals surface area contributed by atoms with Gasteiger partial charge in [-0.25, -0.2) is 0 Å². The summed E-state index contributed by atoms with van der Waals surface area (Å²) < 4.78 is 0. The molecule has 0 bridgehead atoms. The SMILES string of the molecule is O=C([O-])CNC(=O)c1ccc2ccccc2c1. The van der Waals surface area contributed by atoms with Gasteiger partial charge >= 0.3 is 0 Å². The second kappa shape index (κ2) is 4.65. The van der Waals surface area contributed by atoms with Crippen LogP contribution in [0.1, 0.15) is 10.4 Å². The highest BCUT2D eigenvalue weighted by molar-refractivity contribution is 5.99. The van der Waals surface area contributed by atoms with Crippen LogP contribution in [0.25, 0.3) is 10.8 Å². The van der Waals surface area contributed by atoms with Crippen molar-refractivity contribution in [1.82, 2.24) is 5.32 Å². The van der Waals surface area contributed by atoms with Gasteiger partial charge in [-0.3, -0.25) is 4.79 Å². The van der Waals surface area contributed by atoms with Crippen molar-refractivity contribution in [3.8, 4) is 0 Å². The molecular formula is C13H10NO3-. The predicted molar refractivity (Wildman–Crippen MR) is 61.3 cm³/mol. The van der Waals surface area contributed by atoms with Gasteiger partial charge in [-0.05, 0) is 22.9 Å². The summed E-state index contributed by atoms with van der Waals surface area (Å²) in [5.41, 5.74) is 0.435. The summed E-state index contributed by atoms with van der Waals surface area (Å²) in [5, 5.41) is 14.5. The van der Waals surface area contributed by atoms with Crippen LogP contribution in [0.2, 0.25) is 0 Å². The largest absolute Gasteiger partial charge is 0.548 e. The highest BCUT2D eigenvalue weighted by Crippen LogP contribution is 2.15. The molecule has 0 aliphatic heterocycles. The first-order chi connectivity index (χ1) is 8.16. The maximum Gasteiger partial charge on any atom is 0.251 e.